The minimum atomic E-state index is -4.98. The van der Waals surface area contributed by atoms with Gasteiger partial charge in [0.05, 0.1) is 16.0 Å². The second-order valence-electron chi connectivity index (χ2n) is 8.95. The number of carbonyl (C=O) groups excluding carboxylic acids is 2. The monoisotopic (exact) mass is 563 g/mol. The van der Waals surface area contributed by atoms with Crippen molar-refractivity contribution in [3.05, 3.63) is 53.1 Å². The van der Waals surface area contributed by atoms with E-state index in [1.165, 1.54) is 28.0 Å². The van der Waals surface area contributed by atoms with Crippen molar-refractivity contribution in [1.29, 1.82) is 0 Å². The van der Waals surface area contributed by atoms with Crippen molar-refractivity contribution in [1.82, 2.24) is 4.31 Å². The summed E-state index contributed by atoms with van der Waals surface area (Å²) in [4.78, 5) is 25.6. The second kappa shape index (κ2) is 10.2. The summed E-state index contributed by atoms with van der Waals surface area (Å²) in [5.41, 5.74) is -1.95. The number of anilines is 2. The lowest BCUT2D eigenvalue weighted by Crippen LogP contribution is -2.48. The van der Waals surface area contributed by atoms with Crippen molar-refractivity contribution in [2.75, 3.05) is 42.5 Å². The predicted molar refractivity (Wildman–Crippen MR) is 125 cm³/mol. The van der Waals surface area contributed by atoms with E-state index in [-0.39, 0.29) is 61.6 Å². The molecule has 2 aliphatic rings. The van der Waals surface area contributed by atoms with Crippen LogP contribution in [0.4, 0.5) is 37.7 Å². The maximum Gasteiger partial charge on any atom is 0.416 e. The molecule has 0 radical (unpaired) electrons. The molecule has 1 saturated heterocycles. The minimum Gasteiger partial charge on any atom is -0.369 e. The van der Waals surface area contributed by atoms with Crippen LogP contribution in [0.5, 0.6) is 0 Å². The molecule has 0 saturated carbocycles. The Morgan fingerprint density at radius 3 is 2.03 bits per heavy atom. The number of carbonyl (C=O) groups is 2. The number of hydrogen-bond acceptors (Lipinski definition) is 5. The van der Waals surface area contributed by atoms with E-state index in [0.29, 0.717) is 42.6 Å². The Kier molecular flexibility index (Phi) is 7.49. The molecular formula is C24H23F6N3O4S. The maximum atomic E-state index is 13.2. The zero-order chi connectivity index (χ0) is 27.9. The molecular weight excluding hydrogens is 540 g/mol. The molecule has 2 aromatic rings. The van der Waals surface area contributed by atoms with Crippen LogP contribution in [0, 0.1) is 0 Å². The van der Waals surface area contributed by atoms with E-state index in [4.69, 9.17) is 0 Å². The molecule has 1 amide bonds. The average molecular weight is 564 g/mol. The fourth-order valence-electron chi connectivity index (χ4n) is 4.57. The van der Waals surface area contributed by atoms with Gasteiger partial charge in [-0.2, -0.15) is 30.6 Å². The quantitative estimate of drug-likeness (QED) is 0.391. The van der Waals surface area contributed by atoms with Crippen LogP contribution in [0.3, 0.4) is 0 Å². The molecule has 206 valence electrons. The highest BCUT2D eigenvalue weighted by atomic mass is 32.2. The number of halogens is 6. The standard InChI is InChI=1S/C24H23F6N3O4S/c25-23(26,27)17-13-18(24(28,29)30)15-19(14-17)31-7-9-32(10-8-31)38(36,37)20-3-4-21-16(12-20)5-6-33(21)22(35)2-1-11-34/h3-4,11-15H,1-2,5-10H2. The third-order valence-electron chi connectivity index (χ3n) is 6.54. The van der Waals surface area contributed by atoms with Gasteiger partial charge in [0.1, 0.15) is 6.29 Å². The molecule has 4 rings (SSSR count). The zero-order valence-corrected chi connectivity index (χ0v) is 20.7. The lowest BCUT2D eigenvalue weighted by molar-refractivity contribution is -0.143. The van der Waals surface area contributed by atoms with E-state index in [1.54, 1.807) is 0 Å². The molecule has 0 atom stereocenters. The molecule has 0 unspecified atom stereocenters. The Hall–Kier alpha value is -3.13. The van der Waals surface area contributed by atoms with E-state index in [2.05, 4.69) is 0 Å². The Labute approximate surface area is 214 Å². The SMILES string of the molecule is O=CCCC(=O)N1CCc2cc(S(=O)(=O)N3CCN(c4cc(C(F)(F)F)cc(C(F)(F)F)c4)CC3)ccc21. The first-order valence-electron chi connectivity index (χ1n) is 11.6. The highest BCUT2D eigenvalue weighted by molar-refractivity contribution is 7.89. The van der Waals surface area contributed by atoms with Crippen LogP contribution in [0.1, 0.15) is 29.5 Å². The summed E-state index contributed by atoms with van der Waals surface area (Å²) in [7, 11) is -4.01. The Bertz CT molecular complexity index is 1300. The van der Waals surface area contributed by atoms with Crippen LogP contribution < -0.4 is 9.80 Å². The van der Waals surface area contributed by atoms with Crippen molar-refractivity contribution >= 4 is 33.6 Å². The lowest BCUT2D eigenvalue weighted by atomic mass is 10.1. The average Bonchev–Trinajstić information content (AvgIpc) is 3.29. The first-order chi connectivity index (χ1) is 17.7. The molecule has 7 nitrogen and oxygen atoms in total. The Morgan fingerprint density at radius 1 is 0.868 bits per heavy atom. The number of rotatable bonds is 6. The van der Waals surface area contributed by atoms with Gasteiger partial charge < -0.3 is 14.6 Å². The molecule has 0 aromatic heterocycles. The first kappa shape index (κ1) is 27.9. The van der Waals surface area contributed by atoms with E-state index >= 15 is 0 Å². The molecule has 38 heavy (non-hydrogen) atoms. The van der Waals surface area contributed by atoms with Gasteiger partial charge in [0.2, 0.25) is 15.9 Å². The normalized spacial score (nSPS) is 17.0. The van der Waals surface area contributed by atoms with Crippen molar-refractivity contribution in [2.24, 2.45) is 0 Å². The summed E-state index contributed by atoms with van der Waals surface area (Å²) in [6, 6.07) is 5.64. The van der Waals surface area contributed by atoms with Gasteiger partial charge in [0.15, 0.2) is 0 Å². The highest BCUT2D eigenvalue weighted by Gasteiger charge is 2.38. The fourth-order valence-corrected chi connectivity index (χ4v) is 6.05. The number of hydrogen-bond donors (Lipinski definition) is 0. The van der Waals surface area contributed by atoms with Gasteiger partial charge in [-0.05, 0) is 48.4 Å². The van der Waals surface area contributed by atoms with Gasteiger partial charge in [0, 0.05) is 56.9 Å². The molecule has 14 heteroatoms. The Morgan fingerprint density at radius 2 is 1.47 bits per heavy atom. The van der Waals surface area contributed by atoms with Crippen molar-refractivity contribution in [3.63, 3.8) is 0 Å². The van der Waals surface area contributed by atoms with E-state index < -0.39 is 33.5 Å². The fraction of sp³-hybridized carbons (Fsp3) is 0.417. The molecule has 1 fully saturated rings. The number of alkyl halides is 6. The van der Waals surface area contributed by atoms with Gasteiger partial charge >= 0.3 is 12.4 Å². The van der Waals surface area contributed by atoms with Crippen LogP contribution >= 0.6 is 0 Å². The van der Waals surface area contributed by atoms with Crippen molar-refractivity contribution in [3.8, 4) is 0 Å². The maximum absolute atomic E-state index is 13.2. The first-order valence-corrected chi connectivity index (χ1v) is 13.1. The van der Waals surface area contributed by atoms with Crippen LogP contribution in [-0.2, 0) is 38.4 Å². The van der Waals surface area contributed by atoms with E-state index in [0.717, 1.165) is 4.31 Å². The number of benzene rings is 2. The minimum absolute atomic E-state index is 0.0229. The number of amides is 1. The third-order valence-corrected chi connectivity index (χ3v) is 8.43. The number of piperazine rings is 1. The molecule has 2 aliphatic heterocycles. The zero-order valence-electron chi connectivity index (χ0n) is 19.8. The summed E-state index contributed by atoms with van der Waals surface area (Å²) >= 11 is 0. The third kappa shape index (κ3) is 5.65. The van der Waals surface area contributed by atoms with Gasteiger partial charge in [-0.25, -0.2) is 8.42 Å². The number of fused-ring (bicyclic) bond motifs is 1. The Balaban J connectivity index is 1.50. The lowest BCUT2D eigenvalue weighted by Gasteiger charge is -2.36. The van der Waals surface area contributed by atoms with E-state index in [1.807, 2.05) is 0 Å². The highest BCUT2D eigenvalue weighted by Crippen LogP contribution is 2.39. The summed E-state index contributed by atoms with van der Waals surface area (Å²) in [5.74, 6) is -0.245. The summed E-state index contributed by atoms with van der Waals surface area (Å²) in [6.07, 6.45) is -8.76. The molecule has 0 N–H and O–H groups in total. The topological polar surface area (TPSA) is 78.0 Å². The molecule has 0 spiro atoms. The molecule has 2 heterocycles. The van der Waals surface area contributed by atoms with Crippen LogP contribution in [-0.4, -0.2) is 57.6 Å². The van der Waals surface area contributed by atoms with Gasteiger partial charge in [-0.1, -0.05) is 0 Å². The predicted octanol–water partition coefficient (Wildman–Crippen LogP) is 4.10. The van der Waals surface area contributed by atoms with Crippen molar-refractivity contribution < 1.29 is 44.3 Å². The number of aldehydes is 1. The second-order valence-corrected chi connectivity index (χ2v) is 10.9. The van der Waals surface area contributed by atoms with Gasteiger partial charge in [0.25, 0.3) is 0 Å². The van der Waals surface area contributed by atoms with Gasteiger partial charge in [-0.15, -0.1) is 0 Å². The molecule has 0 aliphatic carbocycles. The molecule has 2 aromatic carbocycles. The van der Waals surface area contributed by atoms with E-state index in [9.17, 15) is 44.3 Å². The number of sulfonamides is 1. The summed E-state index contributed by atoms with van der Waals surface area (Å²) in [5, 5.41) is 0. The largest absolute Gasteiger partial charge is 0.416 e. The summed E-state index contributed by atoms with van der Waals surface area (Å²) < 4.78 is 107. The van der Waals surface area contributed by atoms with Crippen molar-refractivity contribution in [2.45, 2.75) is 36.5 Å². The van der Waals surface area contributed by atoms with Gasteiger partial charge in [-0.3, -0.25) is 4.79 Å². The molecule has 0 bridgehead atoms. The number of nitrogens with zero attached hydrogens (tertiary/aromatic N) is 3. The summed E-state index contributed by atoms with van der Waals surface area (Å²) in [6.45, 7) is -0.156. The smallest absolute Gasteiger partial charge is 0.369 e. The van der Waals surface area contributed by atoms with Crippen LogP contribution in [0.25, 0.3) is 0 Å². The van der Waals surface area contributed by atoms with Crippen LogP contribution in [0.2, 0.25) is 0 Å². The van der Waals surface area contributed by atoms with Crippen LogP contribution in [0.15, 0.2) is 41.3 Å².